The van der Waals surface area contributed by atoms with Gasteiger partial charge in [-0.1, -0.05) is 48.0 Å². The lowest BCUT2D eigenvalue weighted by molar-refractivity contribution is -0.137. The number of carboxylic acid groups (broad SMARTS) is 1. The van der Waals surface area contributed by atoms with Crippen molar-refractivity contribution in [3.8, 4) is 0 Å². The number of nitrogens with one attached hydrogen (secondary N) is 2. The number of amides is 2. The summed E-state index contributed by atoms with van der Waals surface area (Å²) >= 11 is 0. The number of aliphatic carboxylic acids is 1. The van der Waals surface area contributed by atoms with E-state index in [1.165, 1.54) is 6.08 Å². The molecule has 0 fully saturated rings. The second-order valence-corrected chi connectivity index (χ2v) is 5.37. The first kappa shape index (κ1) is 17.9. The van der Waals surface area contributed by atoms with Crippen LogP contribution < -0.4 is 10.6 Å². The highest BCUT2D eigenvalue weighted by molar-refractivity contribution is 6.05. The van der Waals surface area contributed by atoms with E-state index in [1.54, 1.807) is 42.5 Å². The molecule has 128 valence electrons. The molecule has 0 heterocycles. The van der Waals surface area contributed by atoms with Crippen LogP contribution in [0.25, 0.3) is 6.08 Å². The maximum Gasteiger partial charge on any atom is 0.322 e. The van der Waals surface area contributed by atoms with Crippen molar-refractivity contribution in [3.05, 3.63) is 77.0 Å². The van der Waals surface area contributed by atoms with E-state index in [0.29, 0.717) is 11.1 Å². The van der Waals surface area contributed by atoms with Crippen LogP contribution in [0.2, 0.25) is 0 Å². The van der Waals surface area contributed by atoms with Gasteiger partial charge >= 0.3 is 5.97 Å². The molecule has 2 aromatic carbocycles. The van der Waals surface area contributed by atoms with Crippen LogP contribution >= 0.6 is 0 Å². The van der Waals surface area contributed by atoms with E-state index in [4.69, 9.17) is 5.11 Å². The van der Waals surface area contributed by atoms with Crippen molar-refractivity contribution in [2.24, 2.45) is 0 Å². The molecule has 0 atom stereocenters. The second-order valence-electron chi connectivity index (χ2n) is 5.37. The van der Waals surface area contributed by atoms with Crippen molar-refractivity contribution >= 4 is 23.9 Å². The van der Waals surface area contributed by atoms with Gasteiger partial charge in [0.25, 0.3) is 11.8 Å². The summed E-state index contributed by atoms with van der Waals surface area (Å²) in [6, 6.07) is 15.8. The predicted molar refractivity (Wildman–Crippen MR) is 93.7 cm³/mol. The van der Waals surface area contributed by atoms with E-state index in [2.05, 4.69) is 10.6 Å². The largest absolute Gasteiger partial charge is 0.480 e. The molecular formula is C19H18N2O4. The molecule has 0 aliphatic carbocycles. The van der Waals surface area contributed by atoms with Gasteiger partial charge in [0.1, 0.15) is 12.2 Å². The molecule has 0 saturated heterocycles. The van der Waals surface area contributed by atoms with Crippen molar-refractivity contribution < 1.29 is 19.5 Å². The molecule has 0 spiro atoms. The van der Waals surface area contributed by atoms with E-state index < -0.39 is 24.3 Å². The normalized spacial score (nSPS) is 10.8. The first-order valence-corrected chi connectivity index (χ1v) is 7.60. The standard InChI is InChI=1S/C19H18N2O4/c1-13-7-9-14(10-8-13)11-16(19(25)20-12-17(22)23)21-18(24)15-5-3-2-4-6-15/h2-11H,12H2,1H3,(H,20,25)(H,21,24)(H,22,23)/b16-11-. The Morgan fingerprint density at radius 1 is 1.00 bits per heavy atom. The SMILES string of the molecule is Cc1ccc(/C=C(\NC(=O)c2ccccc2)C(=O)NCC(=O)O)cc1. The molecule has 0 saturated carbocycles. The highest BCUT2D eigenvalue weighted by Gasteiger charge is 2.15. The van der Waals surface area contributed by atoms with Gasteiger partial charge in [-0.25, -0.2) is 0 Å². The minimum absolute atomic E-state index is 0.0287. The minimum atomic E-state index is -1.17. The second kappa shape index (κ2) is 8.44. The van der Waals surface area contributed by atoms with Crippen LogP contribution in [0.3, 0.4) is 0 Å². The van der Waals surface area contributed by atoms with E-state index in [1.807, 2.05) is 19.1 Å². The number of rotatable bonds is 6. The van der Waals surface area contributed by atoms with Crippen LogP contribution in [0.5, 0.6) is 0 Å². The highest BCUT2D eigenvalue weighted by Crippen LogP contribution is 2.09. The fourth-order valence-corrected chi connectivity index (χ4v) is 2.02. The summed E-state index contributed by atoms with van der Waals surface area (Å²) in [4.78, 5) is 35.2. The number of hydrogen-bond acceptors (Lipinski definition) is 3. The third-order valence-electron chi connectivity index (χ3n) is 3.32. The first-order chi connectivity index (χ1) is 12.0. The molecule has 2 amide bonds. The fraction of sp³-hybridized carbons (Fsp3) is 0.105. The molecule has 0 radical (unpaired) electrons. The number of carboxylic acids is 1. The van der Waals surface area contributed by atoms with Gasteiger partial charge in [0.2, 0.25) is 0 Å². The number of carbonyl (C=O) groups is 3. The summed E-state index contributed by atoms with van der Waals surface area (Å²) in [5.41, 5.74) is 2.13. The Bertz CT molecular complexity index is 796. The predicted octanol–water partition coefficient (Wildman–Crippen LogP) is 1.97. The van der Waals surface area contributed by atoms with Gasteiger partial charge in [-0.2, -0.15) is 0 Å². The Morgan fingerprint density at radius 2 is 1.64 bits per heavy atom. The summed E-state index contributed by atoms with van der Waals surface area (Å²) in [5.74, 6) is -2.30. The van der Waals surface area contributed by atoms with Gasteiger partial charge in [-0.3, -0.25) is 14.4 Å². The van der Waals surface area contributed by atoms with E-state index in [-0.39, 0.29) is 5.70 Å². The third-order valence-corrected chi connectivity index (χ3v) is 3.32. The van der Waals surface area contributed by atoms with Gasteiger partial charge in [0.05, 0.1) is 0 Å². The highest BCUT2D eigenvalue weighted by atomic mass is 16.4. The van der Waals surface area contributed by atoms with Gasteiger partial charge < -0.3 is 15.7 Å². The van der Waals surface area contributed by atoms with E-state index in [0.717, 1.165) is 5.56 Å². The van der Waals surface area contributed by atoms with Gasteiger partial charge in [0.15, 0.2) is 0 Å². The Kier molecular flexibility index (Phi) is 6.06. The average Bonchev–Trinajstić information content (AvgIpc) is 2.61. The Morgan fingerprint density at radius 3 is 2.24 bits per heavy atom. The van der Waals surface area contributed by atoms with Crippen LogP contribution in [0.4, 0.5) is 0 Å². The quantitative estimate of drug-likeness (QED) is 0.702. The molecule has 0 bridgehead atoms. The van der Waals surface area contributed by atoms with E-state index in [9.17, 15) is 14.4 Å². The van der Waals surface area contributed by atoms with E-state index >= 15 is 0 Å². The molecule has 6 heteroatoms. The molecule has 2 rings (SSSR count). The molecule has 0 unspecified atom stereocenters. The van der Waals surface area contributed by atoms with Gasteiger partial charge in [-0.05, 0) is 30.7 Å². The molecule has 3 N–H and O–H groups in total. The molecule has 2 aromatic rings. The topological polar surface area (TPSA) is 95.5 Å². The zero-order valence-corrected chi connectivity index (χ0v) is 13.7. The lowest BCUT2D eigenvalue weighted by atomic mass is 10.1. The van der Waals surface area contributed by atoms with Crippen molar-refractivity contribution in [1.82, 2.24) is 10.6 Å². The fourth-order valence-electron chi connectivity index (χ4n) is 2.02. The Hall–Kier alpha value is -3.41. The van der Waals surface area contributed by atoms with Gasteiger partial charge in [0, 0.05) is 5.56 Å². The summed E-state index contributed by atoms with van der Waals surface area (Å²) in [7, 11) is 0. The molecule has 0 aliphatic heterocycles. The summed E-state index contributed by atoms with van der Waals surface area (Å²) in [6.07, 6.45) is 1.50. The molecule has 0 aromatic heterocycles. The van der Waals surface area contributed by atoms with Crippen LogP contribution in [-0.2, 0) is 9.59 Å². The Balaban J connectivity index is 2.24. The molecule has 0 aliphatic rings. The smallest absolute Gasteiger partial charge is 0.322 e. The van der Waals surface area contributed by atoms with Crippen LogP contribution in [0, 0.1) is 6.92 Å². The minimum Gasteiger partial charge on any atom is -0.480 e. The first-order valence-electron chi connectivity index (χ1n) is 7.60. The van der Waals surface area contributed by atoms with Crippen molar-refractivity contribution in [2.45, 2.75) is 6.92 Å². The molecular weight excluding hydrogens is 320 g/mol. The van der Waals surface area contributed by atoms with Crippen molar-refractivity contribution in [3.63, 3.8) is 0 Å². The Labute approximate surface area is 145 Å². The van der Waals surface area contributed by atoms with Crippen LogP contribution in [0.15, 0.2) is 60.3 Å². The van der Waals surface area contributed by atoms with Crippen molar-refractivity contribution in [1.29, 1.82) is 0 Å². The average molecular weight is 338 g/mol. The third kappa shape index (κ3) is 5.62. The summed E-state index contributed by atoms with van der Waals surface area (Å²) < 4.78 is 0. The summed E-state index contributed by atoms with van der Waals surface area (Å²) in [6.45, 7) is 1.40. The number of carbonyl (C=O) groups excluding carboxylic acids is 2. The zero-order valence-electron chi connectivity index (χ0n) is 13.7. The lowest BCUT2D eigenvalue weighted by Gasteiger charge is -2.10. The number of hydrogen-bond donors (Lipinski definition) is 3. The monoisotopic (exact) mass is 338 g/mol. The molecule has 25 heavy (non-hydrogen) atoms. The summed E-state index contributed by atoms with van der Waals surface area (Å²) in [5, 5.41) is 13.5. The maximum absolute atomic E-state index is 12.3. The maximum atomic E-state index is 12.3. The lowest BCUT2D eigenvalue weighted by Crippen LogP contribution is -2.37. The zero-order chi connectivity index (χ0) is 18.2. The van der Waals surface area contributed by atoms with Gasteiger partial charge in [-0.15, -0.1) is 0 Å². The molecule has 6 nitrogen and oxygen atoms in total. The number of aryl methyl sites for hydroxylation is 1. The van der Waals surface area contributed by atoms with Crippen LogP contribution in [-0.4, -0.2) is 29.4 Å². The van der Waals surface area contributed by atoms with Crippen molar-refractivity contribution in [2.75, 3.05) is 6.54 Å². The van der Waals surface area contributed by atoms with Crippen LogP contribution in [0.1, 0.15) is 21.5 Å². The number of benzene rings is 2.